The van der Waals surface area contributed by atoms with Gasteiger partial charge in [-0.25, -0.2) is 0 Å². The van der Waals surface area contributed by atoms with Crippen LogP contribution in [0, 0.1) is 22.7 Å². The average Bonchev–Trinajstić information content (AvgIpc) is 1.68. The molecule has 1 N–H and O–H groups in total. The molecular formula is C4H4N2O. The van der Waals surface area contributed by atoms with Crippen molar-refractivity contribution in [2.24, 2.45) is 0 Å². The number of hydrogen-bond acceptors (Lipinski definition) is 3. The molecule has 0 spiro atoms. The molecule has 0 aliphatic carbocycles. The highest BCUT2D eigenvalue weighted by molar-refractivity contribution is 5.12. The van der Waals surface area contributed by atoms with Gasteiger partial charge in [0, 0.05) is 0 Å². The van der Waals surface area contributed by atoms with Crippen molar-refractivity contribution < 1.29 is 5.11 Å². The maximum absolute atomic E-state index is 8.41. The Kier molecular flexibility index (Phi) is 1.35. The molecule has 0 heterocycles. The molecular weight excluding hydrogens is 92.1 g/mol. The molecule has 0 radical (unpaired) electrons. The van der Waals surface area contributed by atoms with Gasteiger partial charge in [-0.05, 0) is 6.92 Å². The van der Waals surface area contributed by atoms with Crippen LogP contribution in [0.1, 0.15) is 6.92 Å². The van der Waals surface area contributed by atoms with Crippen LogP contribution in [0.3, 0.4) is 0 Å². The predicted octanol–water partition coefficient (Wildman–Crippen LogP) is -0.215. The van der Waals surface area contributed by atoms with E-state index in [2.05, 4.69) is 0 Å². The van der Waals surface area contributed by atoms with Crippen LogP contribution >= 0.6 is 0 Å². The molecule has 0 saturated carbocycles. The lowest BCUT2D eigenvalue weighted by atomic mass is 10.2. The monoisotopic (exact) mass is 96.0 g/mol. The molecule has 0 amide bonds. The van der Waals surface area contributed by atoms with Gasteiger partial charge in [-0.1, -0.05) is 0 Å². The molecule has 0 fully saturated rings. The first-order valence-electron chi connectivity index (χ1n) is 1.67. The molecule has 0 aromatic rings. The largest absolute Gasteiger partial charge is 0.364 e. The summed E-state index contributed by atoms with van der Waals surface area (Å²) in [5, 5.41) is 24.2. The smallest absolute Gasteiger partial charge is 0.235 e. The van der Waals surface area contributed by atoms with Gasteiger partial charge >= 0.3 is 0 Å². The molecule has 0 aromatic heterocycles. The van der Waals surface area contributed by atoms with Crippen LogP contribution in [-0.2, 0) is 0 Å². The lowest BCUT2D eigenvalue weighted by Crippen LogP contribution is -2.16. The van der Waals surface area contributed by atoms with Crippen molar-refractivity contribution in [2.45, 2.75) is 12.5 Å². The molecule has 7 heavy (non-hydrogen) atoms. The van der Waals surface area contributed by atoms with E-state index in [9.17, 15) is 0 Å². The molecule has 3 nitrogen and oxygen atoms in total. The van der Waals surface area contributed by atoms with Crippen LogP contribution in [0.4, 0.5) is 0 Å². The van der Waals surface area contributed by atoms with Crippen molar-refractivity contribution in [3.63, 3.8) is 0 Å². The van der Waals surface area contributed by atoms with Gasteiger partial charge in [-0.2, -0.15) is 10.5 Å². The summed E-state index contributed by atoms with van der Waals surface area (Å²) in [5.74, 6) is 0. The fourth-order valence-corrected chi connectivity index (χ4v) is 0.0250. The van der Waals surface area contributed by atoms with Crippen LogP contribution in [0.25, 0.3) is 0 Å². The molecule has 0 aliphatic rings. The summed E-state index contributed by atoms with van der Waals surface area (Å²) in [6.07, 6.45) is 0. The quantitative estimate of drug-likeness (QED) is 0.424. The molecule has 3 heteroatoms. The highest BCUT2D eigenvalue weighted by Crippen LogP contribution is 1.94. The fourth-order valence-electron chi connectivity index (χ4n) is 0.0250. The first-order chi connectivity index (χ1) is 3.12. The van der Waals surface area contributed by atoms with E-state index in [0.29, 0.717) is 0 Å². The number of aliphatic hydroxyl groups is 1. The van der Waals surface area contributed by atoms with Crippen molar-refractivity contribution in [2.75, 3.05) is 0 Å². The van der Waals surface area contributed by atoms with E-state index in [1.54, 1.807) is 0 Å². The third kappa shape index (κ3) is 1.75. The van der Waals surface area contributed by atoms with E-state index < -0.39 is 5.60 Å². The molecule has 36 valence electrons. The standard InChI is InChI=1S/C4H4N2O/c1-4(7,2-5)3-6/h7H,1H3. The Labute approximate surface area is 41.4 Å². The average molecular weight is 96.1 g/mol. The minimum Gasteiger partial charge on any atom is -0.364 e. The summed E-state index contributed by atoms with van der Waals surface area (Å²) in [6.45, 7) is 1.13. The van der Waals surface area contributed by atoms with Crippen molar-refractivity contribution in [1.29, 1.82) is 10.5 Å². The summed E-state index contributed by atoms with van der Waals surface area (Å²) in [6, 6.07) is 2.77. The summed E-state index contributed by atoms with van der Waals surface area (Å²) < 4.78 is 0. The zero-order valence-electron chi connectivity index (χ0n) is 3.84. The van der Waals surface area contributed by atoms with Crippen molar-refractivity contribution in [1.82, 2.24) is 0 Å². The number of rotatable bonds is 0. The zero-order valence-corrected chi connectivity index (χ0v) is 3.84. The maximum atomic E-state index is 8.41. The Bertz CT molecular complexity index is 121. The van der Waals surface area contributed by atoms with Crippen LogP contribution in [-0.4, -0.2) is 10.7 Å². The number of nitriles is 2. The minimum atomic E-state index is -1.81. The second-order valence-corrected chi connectivity index (χ2v) is 1.30. The van der Waals surface area contributed by atoms with E-state index in [1.807, 2.05) is 0 Å². The normalized spacial score (nSPS) is 9.14. The Morgan fingerprint density at radius 3 is 1.71 bits per heavy atom. The van der Waals surface area contributed by atoms with E-state index in [-0.39, 0.29) is 0 Å². The maximum Gasteiger partial charge on any atom is 0.235 e. The third-order valence-electron chi connectivity index (χ3n) is 0.435. The Balaban J connectivity index is 4.00. The lowest BCUT2D eigenvalue weighted by Gasteiger charge is -1.96. The second-order valence-electron chi connectivity index (χ2n) is 1.30. The van der Waals surface area contributed by atoms with Gasteiger partial charge in [0.15, 0.2) is 0 Å². The highest BCUT2D eigenvalue weighted by atomic mass is 16.3. The summed E-state index contributed by atoms with van der Waals surface area (Å²) in [4.78, 5) is 0. The van der Waals surface area contributed by atoms with Crippen molar-refractivity contribution in [3.05, 3.63) is 0 Å². The van der Waals surface area contributed by atoms with Crippen LogP contribution in [0.15, 0.2) is 0 Å². The van der Waals surface area contributed by atoms with E-state index in [4.69, 9.17) is 15.6 Å². The first-order valence-corrected chi connectivity index (χ1v) is 1.67. The van der Waals surface area contributed by atoms with Gasteiger partial charge in [0.2, 0.25) is 5.60 Å². The van der Waals surface area contributed by atoms with Crippen molar-refractivity contribution in [3.8, 4) is 12.1 Å². The number of nitrogens with zero attached hydrogens (tertiary/aromatic N) is 2. The molecule has 0 bridgehead atoms. The van der Waals surface area contributed by atoms with Crippen LogP contribution in [0.2, 0.25) is 0 Å². The van der Waals surface area contributed by atoms with Gasteiger partial charge in [-0.3, -0.25) is 0 Å². The lowest BCUT2D eigenvalue weighted by molar-refractivity contribution is 0.179. The predicted molar refractivity (Wildman–Crippen MR) is 21.8 cm³/mol. The Morgan fingerprint density at radius 2 is 1.71 bits per heavy atom. The highest BCUT2D eigenvalue weighted by Gasteiger charge is 2.15. The van der Waals surface area contributed by atoms with Crippen LogP contribution < -0.4 is 0 Å². The van der Waals surface area contributed by atoms with E-state index in [0.717, 1.165) is 6.92 Å². The number of hydrogen-bond donors (Lipinski definition) is 1. The van der Waals surface area contributed by atoms with Crippen molar-refractivity contribution >= 4 is 0 Å². The molecule has 0 atom stereocenters. The molecule has 0 saturated heterocycles. The first kappa shape index (κ1) is 5.94. The van der Waals surface area contributed by atoms with E-state index in [1.165, 1.54) is 12.1 Å². The Morgan fingerprint density at radius 1 is 1.43 bits per heavy atom. The minimum absolute atomic E-state index is 1.13. The summed E-state index contributed by atoms with van der Waals surface area (Å²) >= 11 is 0. The second kappa shape index (κ2) is 1.59. The van der Waals surface area contributed by atoms with E-state index >= 15 is 0 Å². The third-order valence-corrected chi connectivity index (χ3v) is 0.435. The zero-order chi connectivity index (χ0) is 5.91. The molecule has 0 unspecified atom stereocenters. The molecule has 0 aliphatic heterocycles. The van der Waals surface area contributed by atoms with Gasteiger partial charge in [-0.15, -0.1) is 0 Å². The SMILES string of the molecule is CC(O)(C#N)C#N. The van der Waals surface area contributed by atoms with Gasteiger partial charge in [0.1, 0.15) is 12.1 Å². The molecule has 0 rings (SSSR count). The van der Waals surface area contributed by atoms with Gasteiger partial charge in [0.25, 0.3) is 0 Å². The van der Waals surface area contributed by atoms with Crippen LogP contribution in [0.5, 0.6) is 0 Å². The topological polar surface area (TPSA) is 67.8 Å². The summed E-state index contributed by atoms with van der Waals surface area (Å²) in [7, 11) is 0. The van der Waals surface area contributed by atoms with Gasteiger partial charge < -0.3 is 5.11 Å². The Hall–Kier alpha value is -1.06. The molecule has 0 aromatic carbocycles. The fraction of sp³-hybridized carbons (Fsp3) is 0.500. The summed E-state index contributed by atoms with van der Waals surface area (Å²) in [5.41, 5.74) is -1.81. The van der Waals surface area contributed by atoms with Gasteiger partial charge in [0.05, 0.1) is 0 Å².